The maximum absolute atomic E-state index is 8.88. The average Bonchev–Trinajstić information content (AvgIpc) is 2.54. The molecule has 110 valence electrons. The van der Waals surface area contributed by atoms with E-state index in [1.165, 1.54) is 0 Å². The molecule has 0 radical (unpaired) electrons. The van der Waals surface area contributed by atoms with Crippen molar-refractivity contribution in [1.29, 1.82) is 0 Å². The molecular weight excluding hydrogens is 268 g/mol. The zero-order chi connectivity index (χ0) is 15.2. The fraction of sp³-hybridized carbons (Fsp3) is 0.200. The van der Waals surface area contributed by atoms with Crippen molar-refractivity contribution in [2.24, 2.45) is 10.9 Å². The van der Waals surface area contributed by atoms with E-state index in [2.05, 4.69) is 10.1 Å². The molecule has 6 heteroatoms. The highest BCUT2D eigenvalue weighted by Crippen LogP contribution is 2.23. The molecule has 2 aromatic rings. The number of hydrogen-bond donors (Lipinski definition) is 2. The Morgan fingerprint density at radius 1 is 1.33 bits per heavy atom. The fourth-order valence-corrected chi connectivity index (χ4v) is 2.15. The number of nitrogens with zero attached hydrogens (tertiary/aromatic N) is 3. The molecule has 0 aliphatic heterocycles. The Hall–Kier alpha value is -2.76. The first-order valence-corrected chi connectivity index (χ1v) is 6.43. The van der Waals surface area contributed by atoms with Crippen LogP contribution in [-0.4, -0.2) is 30.2 Å². The Morgan fingerprint density at radius 3 is 2.81 bits per heavy atom. The number of pyridine rings is 1. The maximum atomic E-state index is 8.88. The number of oxime groups is 1. The van der Waals surface area contributed by atoms with Crippen LogP contribution in [0.2, 0.25) is 0 Å². The number of rotatable bonds is 5. The lowest BCUT2D eigenvalue weighted by atomic mass is 10.1. The molecule has 1 aromatic heterocycles. The van der Waals surface area contributed by atoms with Gasteiger partial charge in [0.05, 0.1) is 7.11 Å². The zero-order valence-electron chi connectivity index (χ0n) is 12.0. The van der Waals surface area contributed by atoms with Gasteiger partial charge < -0.3 is 20.6 Å². The second-order valence-electron chi connectivity index (χ2n) is 4.53. The third kappa shape index (κ3) is 3.22. The van der Waals surface area contributed by atoms with E-state index in [9.17, 15) is 0 Å². The Morgan fingerprint density at radius 2 is 2.10 bits per heavy atom. The molecule has 0 fully saturated rings. The quantitative estimate of drug-likeness (QED) is 0.379. The minimum atomic E-state index is 0.0793. The Balaban J connectivity index is 2.31. The van der Waals surface area contributed by atoms with Gasteiger partial charge in [0.15, 0.2) is 5.84 Å². The summed E-state index contributed by atoms with van der Waals surface area (Å²) in [6.45, 7) is 0.590. The van der Waals surface area contributed by atoms with E-state index in [1.807, 2.05) is 42.3 Å². The molecule has 21 heavy (non-hydrogen) atoms. The second kappa shape index (κ2) is 6.60. The van der Waals surface area contributed by atoms with Crippen LogP contribution in [-0.2, 0) is 6.54 Å². The number of methoxy groups -OCH3 is 1. The van der Waals surface area contributed by atoms with Gasteiger partial charge in [-0.25, -0.2) is 4.98 Å². The van der Waals surface area contributed by atoms with E-state index in [0.717, 1.165) is 11.3 Å². The van der Waals surface area contributed by atoms with Crippen molar-refractivity contribution in [3.05, 3.63) is 53.7 Å². The van der Waals surface area contributed by atoms with Gasteiger partial charge in [0.25, 0.3) is 0 Å². The van der Waals surface area contributed by atoms with Crippen LogP contribution in [0, 0.1) is 0 Å². The van der Waals surface area contributed by atoms with Crippen LogP contribution in [0.5, 0.6) is 5.88 Å². The topological polar surface area (TPSA) is 84.0 Å². The van der Waals surface area contributed by atoms with Crippen LogP contribution in [0.15, 0.2) is 47.8 Å². The van der Waals surface area contributed by atoms with Gasteiger partial charge in [-0.1, -0.05) is 23.4 Å². The molecule has 0 saturated carbocycles. The van der Waals surface area contributed by atoms with Gasteiger partial charge in [-0.3, -0.25) is 0 Å². The lowest BCUT2D eigenvalue weighted by Crippen LogP contribution is -2.22. The van der Waals surface area contributed by atoms with E-state index in [0.29, 0.717) is 18.0 Å². The van der Waals surface area contributed by atoms with Crippen molar-refractivity contribution < 1.29 is 9.94 Å². The maximum Gasteiger partial charge on any atom is 0.218 e. The van der Waals surface area contributed by atoms with E-state index in [-0.39, 0.29) is 5.84 Å². The van der Waals surface area contributed by atoms with Crippen LogP contribution >= 0.6 is 0 Å². The van der Waals surface area contributed by atoms with Gasteiger partial charge in [0.1, 0.15) is 0 Å². The van der Waals surface area contributed by atoms with Gasteiger partial charge in [0.2, 0.25) is 5.88 Å². The molecule has 0 bridgehead atoms. The summed E-state index contributed by atoms with van der Waals surface area (Å²) < 4.78 is 5.25. The summed E-state index contributed by atoms with van der Waals surface area (Å²) in [7, 11) is 3.52. The molecule has 0 spiro atoms. The Labute approximate surface area is 123 Å². The van der Waals surface area contributed by atoms with Crippen molar-refractivity contribution in [3.63, 3.8) is 0 Å². The highest BCUT2D eigenvalue weighted by Gasteiger charge is 2.13. The van der Waals surface area contributed by atoms with Gasteiger partial charge in [-0.2, -0.15) is 0 Å². The normalized spacial score (nSPS) is 11.2. The zero-order valence-corrected chi connectivity index (χ0v) is 12.0. The lowest BCUT2D eigenvalue weighted by Gasteiger charge is -2.22. The number of para-hydroxylation sites is 1. The van der Waals surface area contributed by atoms with E-state index < -0.39 is 0 Å². The minimum absolute atomic E-state index is 0.0793. The highest BCUT2D eigenvalue weighted by molar-refractivity contribution is 6.02. The van der Waals surface area contributed by atoms with Gasteiger partial charge >= 0.3 is 0 Å². The predicted octanol–water partition coefficient (Wildman–Crippen LogP) is 1.82. The molecule has 0 saturated heterocycles. The molecule has 2 rings (SSSR count). The number of nitrogens with two attached hydrogens (primary N) is 1. The van der Waals surface area contributed by atoms with Crippen LogP contribution in [0.25, 0.3) is 0 Å². The third-order valence-electron chi connectivity index (χ3n) is 3.15. The highest BCUT2D eigenvalue weighted by atomic mass is 16.5. The summed E-state index contributed by atoms with van der Waals surface area (Å²) in [6.07, 6.45) is 1.69. The lowest BCUT2D eigenvalue weighted by molar-refractivity contribution is 0.318. The first-order chi connectivity index (χ1) is 10.2. The fourth-order valence-electron chi connectivity index (χ4n) is 2.15. The summed E-state index contributed by atoms with van der Waals surface area (Å²) >= 11 is 0. The van der Waals surface area contributed by atoms with Crippen LogP contribution in [0.3, 0.4) is 0 Å². The number of amidine groups is 1. The average molecular weight is 286 g/mol. The smallest absolute Gasteiger partial charge is 0.218 e. The number of aromatic nitrogens is 1. The standard InChI is InChI=1S/C15H18N4O2/c1-19(10-11-6-5-9-17-15(11)21-2)13-8-4-3-7-12(13)14(16)18-20/h3-9,20H,10H2,1-2H3,(H2,16,18). The molecule has 0 amide bonds. The summed E-state index contributed by atoms with van der Waals surface area (Å²) in [4.78, 5) is 6.17. The largest absolute Gasteiger partial charge is 0.481 e. The predicted molar refractivity (Wildman–Crippen MR) is 81.8 cm³/mol. The molecule has 1 heterocycles. The molecule has 0 unspecified atom stereocenters. The number of anilines is 1. The summed E-state index contributed by atoms with van der Waals surface area (Å²) in [5.41, 5.74) is 8.21. The van der Waals surface area contributed by atoms with E-state index in [1.54, 1.807) is 19.4 Å². The van der Waals surface area contributed by atoms with Gasteiger partial charge in [-0.15, -0.1) is 0 Å². The van der Waals surface area contributed by atoms with Crippen molar-refractivity contribution >= 4 is 11.5 Å². The summed E-state index contributed by atoms with van der Waals surface area (Å²) in [5.74, 6) is 0.668. The van der Waals surface area contributed by atoms with Gasteiger partial charge in [-0.05, 0) is 18.2 Å². The summed E-state index contributed by atoms with van der Waals surface area (Å²) in [6, 6.07) is 11.3. The Kier molecular flexibility index (Phi) is 4.61. The molecule has 0 aliphatic rings. The van der Waals surface area contributed by atoms with Crippen LogP contribution in [0.1, 0.15) is 11.1 Å². The SMILES string of the molecule is COc1ncccc1CN(C)c1ccccc1/C(N)=N/O. The van der Waals surface area contributed by atoms with Gasteiger partial charge in [0, 0.05) is 36.6 Å². The first kappa shape index (κ1) is 14.6. The van der Waals surface area contributed by atoms with E-state index >= 15 is 0 Å². The first-order valence-electron chi connectivity index (χ1n) is 6.43. The molecule has 6 nitrogen and oxygen atoms in total. The summed E-state index contributed by atoms with van der Waals surface area (Å²) in [5, 5.41) is 12.0. The van der Waals surface area contributed by atoms with Crippen molar-refractivity contribution in [2.75, 3.05) is 19.1 Å². The Bertz CT molecular complexity index is 643. The van der Waals surface area contributed by atoms with E-state index in [4.69, 9.17) is 15.7 Å². The third-order valence-corrected chi connectivity index (χ3v) is 3.15. The number of hydrogen-bond acceptors (Lipinski definition) is 5. The van der Waals surface area contributed by atoms with Crippen molar-refractivity contribution in [2.45, 2.75) is 6.54 Å². The second-order valence-corrected chi connectivity index (χ2v) is 4.53. The number of benzene rings is 1. The molecule has 0 aliphatic carbocycles. The van der Waals surface area contributed by atoms with Crippen LogP contribution < -0.4 is 15.4 Å². The number of ether oxygens (including phenoxy) is 1. The minimum Gasteiger partial charge on any atom is -0.481 e. The van der Waals surface area contributed by atoms with Crippen molar-refractivity contribution in [3.8, 4) is 5.88 Å². The monoisotopic (exact) mass is 286 g/mol. The van der Waals surface area contributed by atoms with Crippen LogP contribution in [0.4, 0.5) is 5.69 Å². The molecule has 3 N–H and O–H groups in total. The molecule has 0 atom stereocenters. The van der Waals surface area contributed by atoms with Crippen molar-refractivity contribution in [1.82, 2.24) is 4.98 Å². The molecule has 1 aromatic carbocycles. The molecular formula is C15H18N4O2.